The van der Waals surface area contributed by atoms with Crippen LogP contribution in [0.3, 0.4) is 0 Å². The van der Waals surface area contributed by atoms with E-state index in [0.29, 0.717) is 24.5 Å². The Morgan fingerprint density at radius 2 is 1.68 bits per heavy atom. The van der Waals surface area contributed by atoms with Gasteiger partial charge in [-0.3, -0.25) is 9.48 Å². The number of aromatic nitrogens is 2. The molecule has 1 N–H and O–H groups in total. The predicted octanol–water partition coefficient (Wildman–Crippen LogP) is 5.69. The third kappa shape index (κ3) is 5.29. The highest BCUT2D eigenvalue weighted by Crippen LogP contribution is 2.36. The van der Waals surface area contributed by atoms with E-state index < -0.39 is 5.97 Å². The average molecular weight is 457 g/mol. The molecule has 0 aliphatic rings. The van der Waals surface area contributed by atoms with Crippen LogP contribution in [-0.2, 0) is 17.8 Å². The summed E-state index contributed by atoms with van der Waals surface area (Å²) in [5.41, 5.74) is 5.14. The van der Waals surface area contributed by atoms with Gasteiger partial charge in [-0.2, -0.15) is 5.10 Å². The van der Waals surface area contributed by atoms with Gasteiger partial charge in [-0.05, 0) is 47.9 Å². The van der Waals surface area contributed by atoms with Crippen LogP contribution < -0.4 is 9.47 Å². The number of carboxylic acids is 1. The van der Waals surface area contributed by atoms with Gasteiger partial charge < -0.3 is 14.6 Å². The fourth-order valence-electron chi connectivity index (χ4n) is 3.90. The van der Waals surface area contributed by atoms with Crippen LogP contribution in [0.15, 0.2) is 78.9 Å². The summed E-state index contributed by atoms with van der Waals surface area (Å²) >= 11 is 0. The van der Waals surface area contributed by atoms with Crippen LogP contribution in [0.1, 0.15) is 24.5 Å². The van der Waals surface area contributed by atoms with Gasteiger partial charge in [-0.15, -0.1) is 0 Å². The van der Waals surface area contributed by atoms with Crippen LogP contribution in [0.2, 0.25) is 0 Å². The Kier molecular flexibility index (Phi) is 7.28. The second-order valence-electron chi connectivity index (χ2n) is 8.01. The fraction of sp³-hybridized carbons (Fsp3) is 0.214. The number of hydrogen-bond donors (Lipinski definition) is 1. The molecule has 174 valence electrons. The van der Waals surface area contributed by atoms with Gasteiger partial charge in [-0.1, -0.05) is 55.5 Å². The molecule has 4 aromatic rings. The Hall–Kier alpha value is -4.06. The highest BCUT2D eigenvalue weighted by atomic mass is 16.5. The van der Waals surface area contributed by atoms with Gasteiger partial charge in [0.05, 0.1) is 38.1 Å². The molecule has 4 rings (SSSR count). The van der Waals surface area contributed by atoms with E-state index in [9.17, 15) is 9.90 Å². The molecule has 6 nitrogen and oxygen atoms in total. The zero-order valence-electron chi connectivity index (χ0n) is 19.4. The first-order valence-electron chi connectivity index (χ1n) is 11.3. The minimum Gasteiger partial charge on any atom is -0.496 e. The summed E-state index contributed by atoms with van der Waals surface area (Å²) in [6.07, 6.45) is 0.802. The Bertz CT molecular complexity index is 1260. The molecular formula is C28H28N2O4. The molecule has 3 aromatic carbocycles. The summed E-state index contributed by atoms with van der Waals surface area (Å²) in [6, 6.07) is 25.5. The van der Waals surface area contributed by atoms with E-state index in [1.807, 2.05) is 72.3 Å². The number of rotatable bonds is 10. The molecule has 0 fully saturated rings. The van der Waals surface area contributed by atoms with Crippen molar-refractivity contribution in [3.8, 4) is 34.0 Å². The number of ether oxygens (including phenoxy) is 2. The Balaban J connectivity index is 1.86. The molecular weight excluding hydrogens is 428 g/mol. The third-order valence-corrected chi connectivity index (χ3v) is 5.48. The monoisotopic (exact) mass is 456 g/mol. The summed E-state index contributed by atoms with van der Waals surface area (Å²) in [7, 11) is 1.66. The van der Waals surface area contributed by atoms with Crippen molar-refractivity contribution >= 4 is 5.97 Å². The summed E-state index contributed by atoms with van der Waals surface area (Å²) in [5.74, 6) is 0.565. The van der Waals surface area contributed by atoms with Crippen LogP contribution in [0.25, 0.3) is 22.5 Å². The van der Waals surface area contributed by atoms with Crippen LogP contribution >= 0.6 is 0 Å². The molecule has 0 unspecified atom stereocenters. The molecule has 1 heterocycles. The van der Waals surface area contributed by atoms with Gasteiger partial charge in [0, 0.05) is 11.1 Å². The minimum atomic E-state index is -0.877. The third-order valence-electron chi connectivity index (χ3n) is 5.48. The second kappa shape index (κ2) is 10.7. The van der Waals surface area contributed by atoms with Gasteiger partial charge in [0.25, 0.3) is 0 Å². The summed E-state index contributed by atoms with van der Waals surface area (Å²) < 4.78 is 13.6. The van der Waals surface area contributed by atoms with Gasteiger partial charge in [-0.25, -0.2) is 0 Å². The highest BCUT2D eigenvalue weighted by molar-refractivity contribution is 5.77. The molecule has 0 saturated heterocycles. The van der Waals surface area contributed by atoms with Gasteiger partial charge in [0.15, 0.2) is 0 Å². The van der Waals surface area contributed by atoms with E-state index >= 15 is 0 Å². The highest BCUT2D eigenvalue weighted by Gasteiger charge is 2.18. The maximum absolute atomic E-state index is 11.3. The second-order valence-corrected chi connectivity index (χ2v) is 8.01. The number of hydrogen-bond acceptors (Lipinski definition) is 4. The van der Waals surface area contributed by atoms with E-state index in [1.54, 1.807) is 13.2 Å². The van der Waals surface area contributed by atoms with Crippen molar-refractivity contribution in [3.63, 3.8) is 0 Å². The van der Waals surface area contributed by atoms with Crippen LogP contribution in [0.4, 0.5) is 0 Å². The van der Waals surface area contributed by atoms with Crippen LogP contribution in [-0.4, -0.2) is 34.6 Å². The van der Waals surface area contributed by atoms with Gasteiger partial charge in [0.2, 0.25) is 0 Å². The lowest BCUT2D eigenvalue weighted by atomic mass is 10.0. The molecule has 0 atom stereocenters. The number of nitrogens with zero attached hydrogens (tertiary/aromatic N) is 2. The van der Waals surface area contributed by atoms with Crippen LogP contribution in [0.5, 0.6) is 11.5 Å². The number of aliphatic carboxylic acids is 1. The van der Waals surface area contributed by atoms with E-state index in [4.69, 9.17) is 14.6 Å². The number of para-hydroxylation sites is 1. The lowest BCUT2D eigenvalue weighted by Crippen LogP contribution is -2.05. The number of carbonyl (C=O) groups is 1. The van der Waals surface area contributed by atoms with Crippen molar-refractivity contribution in [2.45, 2.75) is 26.3 Å². The Labute approximate surface area is 199 Å². The SMILES string of the molecule is CCCOc1ccc(CC(=O)O)cc1-c1cc(-c2ccccc2OC)n(Cc2ccccc2)n1. The van der Waals surface area contributed by atoms with Crippen molar-refractivity contribution in [1.82, 2.24) is 9.78 Å². The maximum atomic E-state index is 11.3. The summed E-state index contributed by atoms with van der Waals surface area (Å²) in [5, 5.41) is 14.2. The molecule has 34 heavy (non-hydrogen) atoms. The van der Waals surface area contributed by atoms with Crippen molar-refractivity contribution < 1.29 is 19.4 Å². The first kappa shape index (κ1) is 23.1. The van der Waals surface area contributed by atoms with Crippen molar-refractivity contribution in [1.29, 1.82) is 0 Å². The van der Waals surface area contributed by atoms with Crippen molar-refractivity contribution in [2.24, 2.45) is 0 Å². The predicted molar refractivity (Wildman–Crippen MR) is 132 cm³/mol. The van der Waals surface area contributed by atoms with Gasteiger partial charge >= 0.3 is 5.97 Å². The number of carboxylic acid groups (broad SMARTS) is 1. The van der Waals surface area contributed by atoms with Crippen molar-refractivity contribution in [2.75, 3.05) is 13.7 Å². The first-order chi connectivity index (χ1) is 16.6. The number of benzene rings is 3. The number of methoxy groups -OCH3 is 1. The lowest BCUT2D eigenvalue weighted by Gasteiger charge is -2.11. The first-order valence-corrected chi connectivity index (χ1v) is 11.3. The molecule has 0 aliphatic heterocycles. The molecule has 0 saturated carbocycles. The van der Waals surface area contributed by atoms with Crippen LogP contribution in [0, 0.1) is 0 Å². The Morgan fingerprint density at radius 3 is 2.41 bits per heavy atom. The largest absolute Gasteiger partial charge is 0.496 e. The van der Waals surface area contributed by atoms with E-state index in [0.717, 1.165) is 40.2 Å². The normalized spacial score (nSPS) is 10.8. The topological polar surface area (TPSA) is 73.6 Å². The van der Waals surface area contributed by atoms with Crippen molar-refractivity contribution in [3.05, 3.63) is 90.0 Å². The maximum Gasteiger partial charge on any atom is 0.307 e. The van der Waals surface area contributed by atoms with E-state index in [2.05, 4.69) is 12.1 Å². The molecule has 0 spiro atoms. The zero-order valence-corrected chi connectivity index (χ0v) is 19.4. The van der Waals surface area contributed by atoms with E-state index in [-0.39, 0.29) is 6.42 Å². The summed E-state index contributed by atoms with van der Waals surface area (Å²) in [4.78, 5) is 11.3. The average Bonchev–Trinajstić information content (AvgIpc) is 3.26. The molecule has 0 radical (unpaired) electrons. The zero-order chi connectivity index (χ0) is 23.9. The fourth-order valence-corrected chi connectivity index (χ4v) is 3.90. The summed E-state index contributed by atoms with van der Waals surface area (Å²) in [6.45, 7) is 3.19. The molecule has 1 aromatic heterocycles. The van der Waals surface area contributed by atoms with E-state index in [1.165, 1.54) is 0 Å². The lowest BCUT2D eigenvalue weighted by molar-refractivity contribution is -0.136. The van der Waals surface area contributed by atoms with Gasteiger partial charge in [0.1, 0.15) is 11.5 Å². The molecule has 6 heteroatoms. The minimum absolute atomic E-state index is 0.0643. The molecule has 0 amide bonds. The standard InChI is InChI=1S/C28H28N2O4/c1-3-15-34-27-14-13-21(17-28(31)32)16-23(27)24-18-25(22-11-7-8-12-26(22)33-2)30(29-24)19-20-9-5-4-6-10-20/h4-14,16,18H,3,15,17,19H2,1-2H3,(H,31,32). The quantitative estimate of drug-likeness (QED) is 0.332. The Morgan fingerprint density at radius 1 is 0.912 bits per heavy atom. The molecule has 0 bridgehead atoms. The smallest absolute Gasteiger partial charge is 0.307 e. The molecule has 0 aliphatic carbocycles.